The van der Waals surface area contributed by atoms with Gasteiger partial charge in [-0.3, -0.25) is 4.79 Å². The highest BCUT2D eigenvalue weighted by atomic mass is 35.5. The topological polar surface area (TPSA) is 47.6 Å². The van der Waals surface area contributed by atoms with Crippen LogP contribution in [0.15, 0.2) is 48.5 Å². The van der Waals surface area contributed by atoms with Crippen LogP contribution in [0.1, 0.15) is 0 Å². The molecule has 25 heavy (non-hydrogen) atoms. The molecular formula is C17H16ClF2NO3S. The number of ether oxygens (including phenoxy) is 2. The van der Waals surface area contributed by atoms with Gasteiger partial charge in [-0.25, -0.2) is 0 Å². The first-order valence-corrected chi connectivity index (χ1v) is 8.87. The van der Waals surface area contributed by atoms with Gasteiger partial charge < -0.3 is 14.8 Å². The highest BCUT2D eigenvalue weighted by molar-refractivity contribution is 7.99. The Morgan fingerprint density at radius 3 is 2.76 bits per heavy atom. The van der Waals surface area contributed by atoms with Gasteiger partial charge in [-0.1, -0.05) is 29.8 Å². The number of carbonyl (C=O) groups is 1. The maximum absolute atomic E-state index is 12.3. The van der Waals surface area contributed by atoms with E-state index >= 15 is 0 Å². The molecule has 1 amide bonds. The first kappa shape index (κ1) is 19.3. The number of carbonyl (C=O) groups excluding carboxylic acids is 1. The summed E-state index contributed by atoms with van der Waals surface area (Å²) >= 11 is 7.22. The molecule has 8 heteroatoms. The van der Waals surface area contributed by atoms with Crippen LogP contribution in [0.5, 0.6) is 11.5 Å². The molecule has 0 aliphatic heterocycles. The zero-order valence-corrected chi connectivity index (χ0v) is 14.7. The lowest BCUT2D eigenvalue weighted by Gasteiger charge is -2.11. The number of nitrogens with one attached hydrogen (secondary N) is 1. The molecular weight excluding hydrogens is 372 g/mol. The number of hydrogen-bond acceptors (Lipinski definition) is 4. The van der Waals surface area contributed by atoms with Crippen LogP contribution in [0, 0.1) is 0 Å². The Morgan fingerprint density at radius 2 is 2.00 bits per heavy atom. The minimum atomic E-state index is -2.95. The van der Waals surface area contributed by atoms with Gasteiger partial charge in [0.15, 0.2) is 0 Å². The maximum Gasteiger partial charge on any atom is 0.387 e. The van der Waals surface area contributed by atoms with Gasteiger partial charge in [-0.05, 0) is 30.3 Å². The van der Waals surface area contributed by atoms with Crippen molar-refractivity contribution >= 4 is 35.0 Å². The van der Waals surface area contributed by atoms with E-state index in [0.29, 0.717) is 23.1 Å². The van der Waals surface area contributed by atoms with Gasteiger partial charge in [-0.15, -0.1) is 11.8 Å². The summed E-state index contributed by atoms with van der Waals surface area (Å²) in [7, 11) is 0. The molecule has 0 saturated heterocycles. The van der Waals surface area contributed by atoms with E-state index in [0.717, 1.165) is 0 Å². The van der Waals surface area contributed by atoms with Crippen molar-refractivity contribution in [3.63, 3.8) is 0 Å². The van der Waals surface area contributed by atoms with Crippen LogP contribution in [-0.2, 0) is 4.79 Å². The van der Waals surface area contributed by atoms with Crippen LogP contribution in [0.4, 0.5) is 14.5 Å². The fraction of sp³-hybridized carbons (Fsp3) is 0.235. The molecule has 2 aromatic carbocycles. The molecule has 0 bridgehead atoms. The van der Waals surface area contributed by atoms with Gasteiger partial charge in [0.25, 0.3) is 0 Å². The minimum Gasteiger partial charge on any atom is -0.493 e. The van der Waals surface area contributed by atoms with E-state index < -0.39 is 6.61 Å². The average molecular weight is 388 g/mol. The van der Waals surface area contributed by atoms with Crippen LogP contribution in [0.2, 0.25) is 5.02 Å². The second-order valence-corrected chi connectivity index (χ2v) is 6.32. The van der Waals surface area contributed by atoms with Crippen LogP contribution in [0.25, 0.3) is 0 Å². The normalized spacial score (nSPS) is 10.6. The maximum atomic E-state index is 12.3. The van der Waals surface area contributed by atoms with E-state index in [-0.39, 0.29) is 23.1 Å². The SMILES string of the molecule is O=C(CSCCOc1cccc(Cl)c1)Nc1ccccc1OC(F)F. The number of halogens is 3. The third kappa shape index (κ3) is 7.19. The van der Waals surface area contributed by atoms with Crippen molar-refractivity contribution in [2.45, 2.75) is 6.61 Å². The molecule has 0 saturated carbocycles. The van der Waals surface area contributed by atoms with E-state index in [1.165, 1.54) is 23.9 Å². The Kier molecular flexibility index (Phi) is 7.81. The van der Waals surface area contributed by atoms with Gasteiger partial charge in [0.05, 0.1) is 18.0 Å². The Labute approximate surface area is 153 Å². The average Bonchev–Trinajstić information content (AvgIpc) is 2.56. The highest BCUT2D eigenvalue weighted by Crippen LogP contribution is 2.25. The number of thioether (sulfide) groups is 1. The van der Waals surface area contributed by atoms with E-state index in [2.05, 4.69) is 10.1 Å². The summed E-state index contributed by atoms with van der Waals surface area (Å²) < 4.78 is 34.5. The van der Waals surface area contributed by atoms with Crippen molar-refractivity contribution < 1.29 is 23.0 Å². The Balaban J connectivity index is 1.71. The molecule has 2 rings (SSSR count). The van der Waals surface area contributed by atoms with E-state index in [9.17, 15) is 13.6 Å². The predicted octanol–water partition coefficient (Wildman–Crippen LogP) is 4.69. The second-order valence-electron chi connectivity index (χ2n) is 4.78. The lowest BCUT2D eigenvalue weighted by Crippen LogP contribution is -2.16. The number of anilines is 1. The fourth-order valence-electron chi connectivity index (χ4n) is 1.90. The van der Waals surface area contributed by atoms with Crippen LogP contribution in [0.3, 0.4) is 0 Å². The lowest BCUT2D eigenvalue weighted by atomic mass is 10.3. The Bertz CT molecular complexity index is 703. The summed E-state index contributed by atoms with van der Waals surface area (Å²) in [5.74, 6) is 1.05. The van der Waals surface area contributed by atoms with Gasteiger partial charge in [0.2, 0.25) is 5.91 Å². The van der Waals surface area contributed by atoms with Gasteiger partial charge in [-0.2, -0.15) is 8.78 Å². The quantitative estimate of drug-likeness (QED) is 0.634. The Hall–Kier alpha value is -1.99. The fourth-order valence-corrected chi connectivity index (χ4v) is 2.68. The molecule has 2 aromatic rings. The number of benzene rings is 2. The van der Waals surface area contributed by atoms with Crippen molar-refractivity contribution in [1.82, 2.24) is 0 Å². The molecule has 0 aliphatic carbocycles. The van der Waals surface area contributed by atoms with Crippen molar-refractivity contribution in [3.05, 3.63) is 53.6 Å². The number of amides is 1. The molecule has 0 atom stereocenters. The molecule has 0 radical (unpaired) electrons. The van der Waals surface area contributed by atoms with Crippen molar-refractivity contribution in [2.24, 2.45) is 0 Å². The van der Waals surface area contributed by atoms with Crippen molar-refractivity contribution in [3.8, 4) is 11.5 Å². The number of alkyl halides is 2. The third-order valence-corrected chi connectivity index (χ3v) is 4.06. The highest BCUT2D eigenvalue weighted by Gasteiger charge is 2.11. The smallest absolute Gasteiger partial charge is 0.387 e. The molecule has 0 fully saturated rings. The summed E-state index contributed by atoms with van der Waals surface area (Å²) in [4.78, 5) is 11.9. The molecule has 4 nitrogen and oxygen atoms in total. The third-order valence-electron chi connectivity index (χ3n) is 2.90. The van der Waals surface area contributed by atoms with Crippen molar-refractivity contribution in [1.29, 1.82) is 0 Å². The zero-order valence-electron chi connectivity index (χ0n) is 13.1. The first-order chi connectivity index (χ1) is 12.0. The zero-order chi connectivity index (χ0) is 18.1. The summed E-state index contributed by atoms with van der Waals surface area (Å²) in [5.41, 5.74) is 0.212. The molecule has 0 aromatic heterocycles. The second kappa shape index (κ2) is 10.1. The molecule has 0 aliphatic rings. The first-order valence-electron chi connectivity index (χ1n) is 7.34. The van der Waals surface area contributed by atoms with E-state index in [4.69, 9.17) is 16.3 Å². The number of rotatable bonds is 9. The van der Waals surface area contributed by atoms with Crippen LogP contribution >= 0.6 is 23.4 Å². The number of para-hydroxylation sites is 2. The molecule has 0 unspecified atom stereocenters. The summed E-state index contributed by atoms with van der Waals surface area (Å²) in [6.45, 7) is -2.53. The van der Waals surface area contributed by atoms with Gasteiger partial charge in [0.1, 0.15) is 11.5 Å². The number of hydrogen-bond donors (Lipinski definition) is 1. The monoisotopic (exact) mass is 387 g/mol. The molecule has 134 valence electrons. The minimum absolute atomic E-state index is 0.0693. The summed E-state index contributed by atoms with van der Waals surface area (Å²) in [6, 6.07) is 13.1. The standard InChI is InChI=1S/C17H16ClF2NO3S/c18-12-4-3-5-13(10-12)23-8-9-25-11-16(22)21-14-6-1-2-7-15(14)24-17(19)20/h1-7,10,17H,8-9,11H2,(H,21,22). The van der Waals surface area contributed by atoms with E-state index in [1.54, 1.807) is 36.4 Å². The summed E-state index contributed by atoms with van der Waals surface area (Å²) in [5, 5.41) is 3.15. The Morgan fingerprint density at radius 1 is 1.20 bits per heavy atom. The molecule has 1 N–H and O–H groups in total. The van der Waals surface area contributed by atoms with Crippen LogP contribution < -0.4 is 14.8 Å². The summed E-state index contributed by atoms with van der Waals surface area (Å²) in [6.07, 6.45) is 0. The molecule has 0 spiro atoms. The van der Waals surface area contributed by atoms with Crippen LogP contribution in [-0.4, -0.2) is 30.6 Å². The molecule has 0 heterocycles. The predicted molar refractivity (Wildman–Crippen MR) is 96.0 cm³/mol. The largest absolute Gasteiger partial charge is 0.493 e. The van der Waals surface area contributed by atoms with Gasteiger partial charge >= 0.3 is 6.61 Å². The van der Waals surface area contributed by atoms with Gasteiger partial charge in [0, 0.05) is 10.8 Å². The van der Waals surface area contributed by atoms with Crippen molar-refractivity contribution in [2.75, 3.05) is 23.4 Å². The van der Waals surface area contributed by atoms with E-state index in [1.807, 2.05) is 0 Å². The lowest BCUT2D eigenvalue weighted by molar-refractivity contribution is -0.113.